The number of thiophene rings is 1. The molecule has 4 heteroatoms. The van der Waals surface area contributed by atoms with E-state index in [9.17, 15) is 0 Å². The monoisotopic (exact) mass is 325 g/mol. The van der Waals surface area contributed by atoms with Gasteiger partial charge >= 0.3 is 0 Å². The molecule has 0 aliphatic rings. The maximum absolute atomic E-state index is 5.14. The summed E-state index contributed by atoms with van der Waals surface area (Å²) in [5.41, 5.74) is 1.33. The third kappa shape index (κ3) is 3.83. The van der Waals surface area contributed by atoms with Gasteiger partial charge in [0.2, 0.25) is 0 Å². The maximum atomic E-state index is 5.14. The van der Waals surface area contributed by atoms with Gasteiger partial charge < -0.3 is 10.1 Å². The summed E-state index contributed by atoms with van der Waals surface area (Å²) in [6, 6.07) is 10.3. The molecule has 2 rings (SSSR count). The quantitative estimate of drug-likeness (QED) is 0.814. The van der Waals surface area contributed by atoms with Gasteiger partial charge in [0.1, 0.15) is 5.75 Å². The van der Waals surface area contributed by atoms with E-state index in [1.54, 1.807) is 18.4 Å². The van der Waals surface area contributed by atoms with Crippen molar-refractivity contribution >= 4 is 27.3 Å². The molecule has 96 valence electrons. The number of rotatable bonds is 6. The molecule has 0 saturated carbocycles. The molecule has 2 aromatic rings. The molecule has 0 radical (unpaired) electrons. The van der Waals surface area contributed by atoms with Crippen LogP contribution < -0.4 is 10.1 Å². The first kappa shape index (κ1) is 13.6. The van der Waals surface area contributed by atoms with E-state index < -0.39 is 0 Å². The van der Waals surface area contributed by atoms with Crippen LogP contribution in [0.25, 0.3) is 0 Å². The van der Waals surface area contributed by atoms with Crippen LogP contribution in [-0.2, 0) is 13.0 Å². The average molecular weight is 326 g/mol. The van der Waals surface area contributed by atoms with Crippen LogP contribution >= 0.6 is 27.3 Å². The van der Waals surface area contributed by atoms with Gasteiger partial charge in [0.25, 0.3) is 0 Å². The van der Waals surface area contributed by atoms with E-state index in [0.717, 1.165) is 25.3 Å². The normalized spacial score (nSPS) is 10.6. The van der Waals surface area contributed by atoms with Gasteiger partial charge in [-0.1, -0.05) is 12.1 Å². The molecule has 0 spiro atoms. The first-order valence-electron chi connectivity index (χ1n) is 5.85. The lowest BCUT2D eigenvalue weighted by molar-refractivity contribution is 0.414. The zero-order valence-electron chi connectivity index (χ0n) is 10.3. The maximum Gasteiger partial charge on any atom is 0.118 e. The first-order valence-corrected chi connectivity index (χ1v) is 7.52. The largest absolute Gasteiger partial charge is 0.497 e. The summed E-state index contributed by atoms with van der Waals surface area (Å²) in [6.45, 7) is 1.91. The molecule has 2 nitrogen and oxygen atoms in total. The first-order chi connectivity index (χ1) is 8.79. The van der Waals surface area contributed by atoms with Crippen LogP contribution in [0.1, 0.15) is 10.4 Å². The summed E-state index contributed by atoms with van der Waals surface area (Å²) in [4.78, 5) is 1.35. The van der Waals surface area contributed by atoms with E-state index in [1.807, 2.05) is 12.1 Å². The Hall–Kier alpha value is -0.840. The molecule has 1 aromatic carbocycles. The minimum Gasteiger partial charge on any atom is -0.497 e. The molecule has 0 aliphatic heterocycles. The Labute approximate surface area is 120 Å². The molecule has 0 aliphatic carbocycles. The molecule has 1 aromatic heterocycles. The van der Waals surface area contributed by atoms with Crippen molar-refractivity contribution in [1.29, 1.82) is 0 Å². The molecule has 0 bridgehead atoms. The van der Waals surface area contributed by atoms with Crippen LogP contribution in [-0.4, -0.2) is 13.7 Å². The van der Waals surface area contributed by atoms with Gasteiger partial charge in [0, 0.05) is 15.9 Å². The molecule has 0 fully saturated rings. The molecule has 0 amide bonds. The molecule has 1 heterocycles. The number of ether oxygens (including phenoxy) is 1. The van der Waals surface area contributed by atoms with Gasteiger partial charge in [0.05, 0.1) is 7.11 Å². The average Bonchev–Trinajstić information content (AvgIpc) is 2.81. The standard InChI is InChI=1S/C14H16BrNOS/c1-17-12-4-2-11(3-5-12)6-8-16-10-14-13(15)7-9-18-14/h2-5,7,9,16H,6,8,10H2,1H3. The van der Waals surface area contributed by atoms with Gasteiger partial charge in [-0.05, 0) is 58.0 Å². The lowest BCUT2D eigenvalue weighted by atomic mass is 10.1. The Morgan fingerprint density at radius 2 is 2.00 bits per heavy atom. The minimum atomic E-state index is 0.911. The van der Waals surface area contributed by atoms with Gasteiger partial charge in [-0.25, -0.2) is 0 Å². The van der Waals surface area contributed by atoms with E-state index in [4.69, 9.17) is 4.74 Å². The van der Waals surface area contributed by atoms with Crippen LogP contribution in [0.15, 0.2) is 40.2 Å². The van der Waals surface area contributed by atoms with Crippen molar-refractivity contribution in [2.45, 2.75) is 13.0 Å². The van der Waals surface area contributed by atoms with Crippen LogP contribution in [0, 0.1) is 0 Å². The molecule has 1 N–H and O–H groups in total. The second kappa shape index (κ2) is 6.92. The highest BCUT2D eigenvalue weighted by Crippen LogP contribution is 2.22. The Morgan fingerprint density at radius 3 is 2.61 bits per heavy atom. The van der Waals surface area contributed by atoms with Crippen molar-refractivity contribution in [3.63, 3.8) is 0 Å². The van der Waals surface area contributed by atoms with E-state index in [0.29, 0.717) is 0 Å². The van der Waals surface area contributed by atoms with Crippen molar-refractivity contribution in [2.75, 3.05) is 13.7 Å². The summed E-state index contributed by atoms with van der Waals surface area (Å²) in [7, 11) is 1.69. The third-order valence-electron chi connectivity index (χ3n) is 2.73. The Bertz CT molecular complexity index is 481. The zero-order valence-corrected chi connectivity index (χ0v) is 12.7. The number of benzene rings is 1. The number of nitrogens with one attached hydrogen (secondary N) is 1. The molecule has 0 saturated heterocycles. The summed E-state index contributed by atoms with van der Waals surface area (Å²) in [5.74, 6) is 0.911. The SMILES string of the molecule is COc1ccc(CCNCc2sccc2Br)cc1. The number of hydrogen-bond acceptors (Lipinski definition) is 3. The molecule has 18 heavy (non-hydrogen) atoms. The van der Waals surface area contributed by atoms with E-state index in [2.05, 4.69) is 44.8 Å². The predicted octanol–water partition coefficient (Wildman–Crippen LogP) is 3.85. The Balaban J connectivity index is 1.73. The van der Waals surface area contributed by atoms with Gasteiger partial charge in [-0.15, -0.1) is 11.3 Å². The lowest BCUT2D eigenvalue weighted by Crippen LogP contribution is -2.16. The Kier molecular flexibility index (Phi) is 5.23. The highest BCUT2D eigenvalue weighted by atomic mass is 79.9. The topological polar surface area (TPSA) is 21.3 Å². The molecular formula is C14H16BrNOS. The van der Waals surface area contributed by atoms with Crippen LogP contribution in [0.3, 0.4) is 0 Å². The van der Waals surface area contributed by atoms with E-state index in [1.165, 1.54) is 14.9 Å². The lowest BCUT2D eigenvalue weighted by Gasteiger charge is -2.05. The number of hydrogen-bond donors (Lipinski definition) is 1. The van der Waals surface area contributed by atoms with Gasteiger partial charge in [0.15, 0.2) is 0 Å². The van der Waals surface area contributed by atoms with Crippen LogP contribution in [0.2, 0.25) is 0 Å². The van der Waals surface area contributed by atoms with Crippen molar-refractivity contribution in [2.24, 2.45) is 0 Å². The van der Waals surface area contributed by atoms with Crippen LogP contribution in [0.5, 0.6) is 5.75 Å². The third-order valence-corrected chi connectivity index (χ3v) is 4.65. The zero-order chi connectivity index (χ0) is 12.8. The second-order valence-electron chi connectivity index (χ2n) is 3.97. The fourth-order valence-corrected chi connectivity index (χ4v) is 3.14. The fraction of sp³-hybridized carbons (Fsp3) is 0.286. The van der Waals surface area contributed by atoms with Crippen molar-refractivity contribution in [3.05, 3.63) is 50.6 Å². The highest BCUT2D eigenvalue weighted by molar-refractivity contribution is 9.10. The summed E-state index contributed by atoms with van der Waals surface area (Å²) in [6.07, 6.45) is 1.03. The van der Waals surface area contributed by atoms with Crippen molar-refractivity contribution < 1.29 is 4.74 Å². The van der Waals surface area contributed by atoms with Gasteiger partial charge in [-0.2, -0.15) is 0 Å². The van der Waals surface area contributed by atoms with Crippen molar-refractivity contribution in [1.82, 2.24) is 5.32 Å². The number of methoxy groups -OCH3 is 1. The van der Waals surface area contributed by atoms with Crippen LogP contribution in [0.4, 0.5) is 0 Å². The minimum absolute atomic E-state index is 0.911. The second-order valence-corrected chi connectivity index (χ2v) is 5.82. The van der Waals surface area contributed by atoms with E-state index in [-0.39, 0.29) is 0 Å². The van der Waals surface area contributed by atoms with E-state index >= 15 is 0 Å². The fourth-order valence-electron chi connectivity index (χ4n) is 1.68. The highest BCUT2D eigenvalue weighted by Gasteiger charge is 2.00. The predicted molar refractivity (Wildman–Crippen MR) is 80.4 cm³/mol. The molecule has 0 unspecified atom stereocenters. The molecular weight excluding hydrogens is 310 g/mol. The molecule has 0 atom stereocenters. The van der Waals surface area contributed by atoms with Gasteiger partial charge in [-0.3, -0.25) is 0 Å². The smallest absolute Gasteiger partial charge is 0.118 e. The summed E-state index contributed by atoms with van der Waals surface area (Å²) >= 11 is 5.31. The summed E-state index contributed by atoms with van der Waals surface area (Å²) < 4.78 is 6.34. The summed E-state index contributed by atoms with van der Waals surface area (Å²) in [5, 5.41) is 5.56. The number of halogens is 1. The Morgan fingerprint density at radius 1 is 1.22 bits per heavy atom. The van der Waals surface area contributed by atoms with Crippen molar-refractivity contribution in [3.8, 4) is 5.75 Å².